The summed E-state index contributed by atoms with van der Waals surface area (Å²) in [5, 5.41) is 0. The maximum Gasteiger partial charge on any atom is 0.404 e. The molecule has 2 heterocycles. The van der Waals surface area contributed by atoms with E-state index in [1.807, 2.05) is 0 Å². The van der Waals surface area contributed by atoms with Crippen molar-refractivity contribution in [2.24, 2.45) is 0 Å². The molecule has 2 fully saturated rings. The van der Waals surface area contributed by atoms with E-state index in [9.17, 15) is 9.59 Å². The lowest BCUT2D eigenvalue weighted by Crippen LogP contribution is -2.34. The van der Waals surface area contributed by atoms with E-state index >= 15 is 0 Å². The molecule has 6 nitrogen and oxygen atoms in total. The monoisotopic (exact) mass is 270 g/mol. The summed E-state index contributed by atoms with van der Waals surface area (Å²) < 4.78 is 20.2. The highest BCUT2D eigenvalue weighted by molar-refractivity contribution is 6.61. The van der Waals surface area contributed by atoms with Gasteiger partial charge < -0.3 is 18.9 Å². The number of halogens is 2. The van der Waals surface area contributed by atoms with Gasteiger partial charge in [0.25, 0.3) is 0 Å². The molecule has 2 aliphatic rings. The Morgan fingerprint density at radius 1 is 0.938 bits per heavy atom. The molecular weight excluding hydrogens is 263 g/mol. The van der Waals surface area contributed by atoms with Crippen molar-refractivity contribution in [1.29, 1.82) is 0 Å². The number of hydrogen-bond donors (Lipinski definition) is 0. The normalized spacial score (nSPS) is 36.9. The van der Waals surface area contributed by atoms with Crippen molar-refractivity contribution >= 4 is 34.1 Å². The lowest BCUT2D eigenvalue weighted by atomic mass is 10.1. The molecule has 0 aliphatic carbocycles. The number of ether oxygens (including phenoxy) is 4. The number of hydrogen-bond acceptors (Lipinski definition) is 6. The van der Waals surface area contributed by atoms with Crippen LogP contribution in [-0.4, -0.2) is 48.5 Å². The minimum Gasteiger partial charge on any atom is -0.445 e. The third-order valence-electron chi connectivity index (χ3n) is 2.45. The highest BCUT2D eigenvalue weighted by Gasteiger charge is 2.51. The standard InChI is InChI=1S/C8H8Cl2O6/c9-7(11)15-3-1-13-6-4(16-8(10)12)2-14-5(3)6/h3-6H,1-2H2/t3-,4-,5-,6-/m1/s1. The van der Waals surface area contributed by atoms with Gasteiger partial charge in [-0.2, -0.15) is 0 Å². The summed E-state index contributed by atoms with van der Waals surface area (Å²) in [6.07, 6.45) is -2.09. The number of carbonyl (C=O) groups excluding carboxylic acids is 2. The molecule has 0 N–H and O–H groups in total. The lowest BCUT2D eigenvalue weighted by Gasteiger charge is -2.15. The summed E-state index contributed by atoms with van der Waals surface area (Å²) in [4.78, 5) is 21.1. The quantitative estimate of drug-likeness (QED) is 0.704. The first-order chi connectivity index (χ1) is 7.58. The molecule has 0 aromatic heterocycles. The van der Waals surface area contributed by atoms with Crippen molar-refractivity contribution < 1.29 is 28.5 Å². The Kier molecular flexibility index (Phi) is 3.53. The van der Waals surface area contributed by atoms with Gasteiger partial charge in [-0.3, -0.25) is 0 Å². The minimum atomic E-state index is -0.921. The molecule has 90 valence electrons. The maximum absolute atomic E-state index is 10.6. The first kappa shape index (κ1) is 11.9. The first-order valence-electron chi connectivity index (χ1n) is 4.53. The van der Waals surface area contributed by atoms with Crippen LogP contribution >= 0.6 is 23.2 Å². The molecule has 8 heteroatoms. The molecule has 0 unspecified atom stereocenters. The Morgan fingerprint density at radius 3 is 1.62 bits per heavy atom. The largest absolute Gasteiger partial charge is 0.445 e. The van der Waals surface area contributed by atoms with Gasteiger partial charge in [-0.25, -0.2) is 9.59 Å². The van der Waals surface area contributed by atoms with E-state index in [1.165, 1.54) is 0 Å². The van der Waals surface area contributed by atoms with Crippen LogP contribution in [0.2, 0.25) is 0 Å². The van der Waals surface area contributed by atoms with Gasteiger partial charge in [0.15, 0.2) is 12.2 Å². The molecule has 0 aromatic carbocycles. The molecule has 0 bridgehead atoms. The second-order valence-corrected chi connectivity index (χ2v) is 4.00. The third kappa shape index (κ3) is 2.40. The van der Waals surface area contributed by atoms with Crippen LogP contribution in [0.4, 0.5) is 9.59 Å². The van der Waals surface area contributed by atoms with Crippen LogP contribution in [-0.2, 0) is 18.9 Å². The van der Waals surface area contributed by atoms with Crippen molar-refractivity contribution in [2.45, 2.75) is 24.4 Å². The van der Waals surface area contributed by atoms with Crippen molar-refractivity contribution in [3.05, 3.63) is 0 Å². The third-order valence-corrected chi connectivity index (χ3v) is 2.63. The van der Waals surface area contributed by atoms with E-state index in [0.717, 1.165) is 0 Å². The van der Waals surface area contributed by atoms with Gasteiger partial charge in [0.1, 0.15) is 12.2 Å². The SMILES string of the molecule is O=C(Cl)O[C@@H]1CO[C@H]2[C@@H]1OC[C@H]2OC(=O)Cl. The molecule has 0 spiro atoms. The van der Waals surface area contributed by atoms with E-state index in [1.54, 1.807) is 0 Å². The molecule has 2 saturated heterocycles. The summed E-state index contributed by atoms with van der Waals surface area (Å²) in [6.45, 7) is 0.314. The fourth-order valence-electron chi connectivity index (χ4n) is 1.87. The van der Waals surface area contributed by atoms with Crippen LogP contribution < -0.4 is 0 Å². The molecule has 2 aliphatic heterocycles. The van der Waals surface area contributed by atoms with Crippen LogP contribution in [0.5, 0.6) is 0 Å². The van der Waals surface area contributed by atoms with E-state index in [-0.39, 0.29) is 13.2 Å². The fraction of sp³-hybridized carbons (Fsp3) is 0.750. The summed E-state index contributed by atoms with van der Waals surface area (Å²) in [7, 11) is 0. The van der Waals surface area contributed by atoms with Gasteiger partial charge in [-0.15, -0.1) is 0 Å². The lowest BCUT2D eigenvalue weighted by molar-refractivity contribution is -0.00291. The summed E-state index contributed by atoms with van der Waals surface area (Å²) >= 11 is 10.2. The summed E-state index contributed by atoms with van der Waals surface area (Å²) in [5.41, 5.74) is -1.84. The highest BCUT2D eigenvalue weighted by atomic mass is 35.5. The molecular formula is C8H8Cl2O6. The Bertz CT molecular complexity index is 279. The van der Waals surface area contributed by atoms with Crippen LogP contribution in [0.15, 0.2) is 0 Å². The smallest absolute Gasteiger partial charge is 0.404 e. The fourth-order valence-corrected chi connectivity index (χ4v) is 2.10. The van der Waals surface area contributed by atoms with Gasteiger partial charge in [0.05, 0.1) is 13.2 Å². The van der Waals surface area contributed by atoms with Crippen molar-refractivity contribution in [2.75, 3.05) is 13.2 Å². The zero-order valence-corrected chi connectivity index (χ0v) is 9.44. The molecule has 0 radical (unpaired) electrons. The average molecular weight is 271 g/mol. The van der Waals surface area contributed by atoms with Crippen LogP contribution in [0.3, 0.4) is 0 Å². The van der Waals surface area contributed by atoms with E-state index in [4.69, 9.17) is 42.1 Å². The van der Waals surface area contributed by atoms with Gasteiger partial charge in [0.2, 0.25) is 0 Å². The molecule has 0 saturated carbocycles. The molecule has 2 rings (SSSR count). The summed E-state index contributed by atoms with van der Waals surface area (Å²) in [6, 6.07) is 0. The number of carbonyl (C=O) groups is 2. The van der Waals surface area contributed by atoms with E-state index < -0.39 is 35.3 Å². The molecule has 16 heavy (non-hydrogen) atoms. The second kappa shape index (κ2) is 4.75. The highest BCUT2D eigenvalue weighted by Crippen LogP contribution is 2.31. The van der Waals surface area contributed by atoms with Gasteiger partial charge >= 0.3 is 10.9 Å². The second-order valence-electron chi connectivity index (χ2n) is 3.38. The average Bonchev–Trinajstić information content (AvgIpc) is 2.70. The molecule has 0 aromatic rings. The van der Waals surface area contributed by atoms with Crippen molar-refractivity contribution in [1.82, 2.24) is 0 Å². The summed E-state index contributed by atoms with van der Waals surface area (Å²) in [5.74, 6) is 0. The van der Waals surface area contributed by atoms with Crippen LogP contribution in [0, 0.1) is 0 Å². The van der Waals surface area contributed by atoms with Crippen molar-refractivity contribution in [3.8, 4) is 0 Å². The van der Waals surface area contributed by atoms with Gasteiger partial charge in [0, 0.05) is 23.2 Å². The van der Waals surface area contributed by atoms with Gasteiger partial charge in [-0.05, 0) is 0 Å². The van der Waals surface area contributed by atoms with E-state index in [0.29, 0.717) is 0 Å². The predicted octanol–water partition coefficient (Wildman–Crippen LogP) is 1.27. The molecule has 4 atom stereocenters. The van der Waals surface area contributed by atoms with E-state index in [2.05, 4.69) is 0 Å². The van der Waals surface area contributed by atoms with Crippen LogP contribution in [0.25, 0.3) is 0 Å². The predicted molar refractivity (Wildman–Crippen MR) is 51.7 cm³/mol. The first-order valence-corrected chi connectivity index (χ1v) is 5.29. The minimum absolute atomic E-state index is 0.157. The Hall–Kier alpha value is -0.560. The van der Waals surface area contributed by atoms with Crippen molar-refractivity contribution in [3.63, 3.8) is 0 Å². The van der Waals surface area contributed by atoms with Gasteiger partial charge in [-0.1, -0.05) is 0 Å². The zero-order valence-electron chi connectivity index (χ0n) is 7.93. The number of rotatable bonds is 2. The number of fused-ring (bicyclic) bond motifs is 1. The zero-order chi connectivity index (χ0) is 11.7. The molecule has 0 amide bonds. The Balaban J connectivity index is 1.95. The van der Waals surface area contributed by atoms with Crippen LogP contribution in [0.1, 0.15) is 0 Å². The Morgan fingerprint density at radius 2 is 1.31 bits per heavy atom. The Labute approximate surface area is 101 Å². The maximum atomic E-state index is 10.6. The topological polar surface area (TPSA) is 71.1 Å².